The number of amides is 1. The van der Waals surface area contributed by atoms with Crippen molar-refractivity contribution >= 4 is 28.6 Å². The smallest absolute Gasteiger partial charge is 0.489 e. The molecule has 0 aliphatic heterocycles. The van der Waals surface area contributed by atoms with Crippen molar-refractivity contribution in [1.29, 1.82) is 0 Å². The first kappa shape index (κ1) is 28.9. The molecular weight excluding hydrogens is 547 g/mol. The summed E-state index contributed by atoms with van der Waals surface area (Å²) in [6.07, 6.45) is -3.50. The van der Waals surface area contributed by atoms with E-state index in [1.807, 2.05) is 67.6 Å². The number of carbonyl (C=O) groups is 2. The van der Waals surface area contributed by atoms with Crippen LogP contribution in [0, 0.1) is 6.92 Å². The Morgan fingerprint density at radius 1 is 0.929 bits per heavy atom. The van der Waals surface area contributed by atoms with Crippen LogP contribution >= 0.6 is 0 Å². The van der Waals surface area contributed by atoms with Gasteiger partial charge in [0.2, 0.25) is 0 Å². The van der Waals surface area contributed by atoms with Gasteiger partial charge in [0.05, 0.1) is 11.6 Å². The minimum atomic E-state index is -5.24. The molecule has 1 fully saturated rings. The number of alkyl halides is 3. The fourth-order valence-corrected chi connectivity index (χ4v) is 5.07. The third kappa shape index (κ3) is 6.99. The number of hydrogen-bond acceptors (Lipinski definition) is 6. The minimum Gasteiger partial charge on any atom is -0.489 e. The van der Waals surface area contributed by atoms with Gasteiger partial charge in [-0.3, -0.25) is 4.79 Å². The van der Waals surface area contributed by atoms with Crippen LogP contribution in [0.25, 0.3) is 10.9 Å². The number of fused-ring (bicyclic) bond motifs is 1. The topological polar surface area (TPSA) is 80.8 Å². The fraction of sp³-hybridized carbons (Fsp3) is 0.281. The number of rotatable bonds is 7. The molecular formula is C32H30F3N3O4. The van der Waals surface area contributed by atoms with Crippen LogP contribution in [-0.4, -0.2) is 40.2 Å². The van der Waals surface area contributed by atoms with Crippen molar-refractivity contribution in [2.45, 2.75) is 57.5 Å². The van der Waals surface area contributed by atoms with Crippen molar-refractivity contribution in [3.63, 3.8) is 0 Å². The highest BCUT2D eigenvalue weighted by Gasteiger charge is 2.45. The number of halogens is 3. The van der Waals surface area contributed by atoms with Gasteiger partial charge in [-0.2, -0.15) is 18.2 Å². The van der Waals surface area contributed by atoms with Crippen LogP contribution in [-0.2, 0) is 16.2 Å². The molecule has 10 heteroatoms. The molecule has 4 aromatic rings. The molecule has 0 radical (unpaired) electrons. The molecule has 0 unspecified atom stereocenters. The molecule has 1 amide bonds. The lowest BCUT2D eigenvalue weighted by Gasteiger charge is -2.35. The van der Waals surface area contributed by atoms with E-state index >= 15 is 0 Å². The molecule has 1 N–H and O–H groups in total. The van der Waals surface area contributed by atoms with Crippen molar-refractivity contribution < 1.29 is 32.3 Å². The summed E-state index contributed by atoms with van der Waals surface area (Å²) in [5.41, 5.74) is 2.97. The molecule has 1 aliphatic carbocycles. The number of carbonyl (C=O) groups excluding carboxylic acids is 2. The van der Waals surface area contributed by atoms with Crippen LogP contribution in [0.3, 0.4) is 0 Å². The molecule has 5 rings (SSSR count). The number of nitrogens with one attached hydrogen (secondary N) is 1. The summed E-state index contributed by atoms with van der Waals surface area (Å²) >= 11 is 0. The first-order valence-corrected chi connectivity index (χ1v) is 13.7. The van der Waals surface area contributed by atoms with Gasteiger partial charge in [-0.05, 0) is 80.1 Å². The number of aryl methyl sites for hydroxylation is 1. The predicted molar refractivity (Wildman–Crippen MR) is 152 cm³/mol. The van der Waals surface area contributed by atoms with E-state index in [9.17, 15) is 22.8 Å². The molecule has 1 aliphatic rings. The van der Waals surface area contributed by atoms with Gasteiger partial charge >= 0.3 is 12.1 Å². The normalized spacial score (nSPS) is 17.0. The molecule has 1 aromatic heterocycles. The van der Waals surface area contributed by atoms with E-state index in [0.717, 1.165) is 22.0 Å². The number of hydroxylamine groups is 2. The number of aromatic nitrogens is 1. The molecule has 3 aromatic carbocycles. The van der Waals surface area contributed by atoms with Gasteiger partial charge in [0.1, 0.15) is 18.2 Å². The van der Waals surface area contributed by atoms with Crippen molar-refractivity contribution in [1.82, 2.24) is 10.0 Å². The number of para-hydroxylation sites is 1. The van der Waals surface area contributed by atoms with Crippen molar-refractivity contribution in [2.24, 2.45) is 0 Å². The summed E-state index contributed by atoms with van der Waals surface area (Å²) in [6.45, 7) is 2.32. The van der Waals surface area contributed by atoms with Crippen molar-refractivity contribution in [2.75, 3.05) is 5.32 Å². The quantitative estimate of drug-likeness (QED) is 0.238. The first-order chi connectivity index (χ1) is 20.2. The van der Waals surface area contributed by atoms with Gasteiger partial charge in [0.15, 0.2) is 0 Å². The van der Waals surface area contributed by atoms with E-state index in [2.05, 4.69) is 15.1 Å². The van der Waals surface area contributed by atoms with E-state index < -0.39 is 24.1 Å². The Labute approximate surface area is 241 Å². The van der Waals surface area contributed by atoms with Crippen molar-refractivity contribution in [3.05, 3.63) is 102 Å². The van der Waals surface area contributed by atoms with E-state index in [1.54, 1.807) is 12.1 Å². The zero-order chi connectivity index (χ0) is 29.7. The highest BCUT2D eigenvalue weighted by molar-refractivity contribution is 5.94. The summed E-state index contributed by atoms with van der Waals surface area (Å²) < 4.78 is 45.1. The van der Waals surface area contributed by atoms with Gasteiger partial charge in [-0.1, -0.05) is 48.5 Å². The summed E-state index contributed by atoms with van der Waals surface area (Å²) in [4.78, 5) is 34.5. The zero-order valence-corrected chi connectivity index (χ0v) is 22.9. The van der Waals surface area contributed by atoms with Crippen LogP contribution < -0.4 is 10.1 Å². The molecule has 0 bridgehead atoms. The number of benzene rings is 3. The first-order valence-electron chi connectivity index (χ1n) is 13.7. The Kier molecular flexibility index (Phi) is 8.61. The van der Waals surface area contributed by atoms with E-state index in [1.165, 1.54) is 12.1 Å². The van der Waals surface area contributed by atoms with Gasteiger partial charge in [0.25, 0.3) is 5.91 Å². The summed E-state index contributed by atoms with van der Waals surface area (Å²) in [5.74, 6) is -2.07. The Morgan fingerprint density at radius 3 is 2.29 bits per heavy atom. The number of hydrogen-bond donors (Lipinski definition) is 1. The Hall–Kier alpha value is -4.60. The van der Waals surface area contributed by atoms with Crippen LogP contribution in [0.1, 0.15) is 47.2 Å². The summed E-state index contributed by atoms with van der Waals surface area (Å²) in [6, 6.07) is 24.5. The average Bonchev–Trinajstić information content (AvgIpc) is 2.99. The highest BCUT2D eigenvalue weighted by atomic mass is 19.4. The standard InChI is InChI=1S/C32H30F3N3O4/c1-21-19-29(37-28-10-6-5-9-27(21)28)36-24-13-15-25(16-14-24)38(42-31(40)32(33,34)35)30(39)23-11-17-26(18-12-23)41-20-22-7-3-2-4-8-22/h2-12,17-19,24-25H,13-16,20H2,1H3,(H,36,37). The Balaban J connectivity index is 1.25. The summed E-state index contributed by atoms with van der Waals surface area (Å²) in [7, 11) is 0. The number of ether oxygens (including phenoxy) is 1. The molecule has 0 spiro atoms. The van der Waals surface area contributed by atoms with Gasteiger partial charge in [0, 0.05) is 17.0 Å². The third-order valence-electron chi connectivity index (χ3n) is 7.27. The molecule has 7 nitrogen and oxygen atoms in total. The van der Waals surface area contributed by atoms with E-state index in [4.69, 9.17) is 4.74 Å². The maximum atomic E-state index is 13.3. The van der Waals surface area contributed by atoms with Crippen molar-refractivity contribution in [3.8, 4) is 5.75 Å². The maximum Gasteiger partial charge on any atom is 0.493 e. The average molecular weight is 578 g/mol. The second-order valence-corrected chi connectivity index (χ2v) is 10.3. The molecule has 218 valence electrons. The lowest BCUT2D eigenvalue weighted by Crippen LogP contribution is -2.47. The fourth-order valence-electron chi connectivity index (χ4n) is 5.07. The molecule has 42 heavy (non-hydrogen) atoms. The maximum absolute atomic E-state index is 13.3. The van der Waals surface area contributed by atoms with Crippen LogP contribution in [0.5, 0.6) is 5.75 Å². The van der Waals surface area contributed by atoms with E-state index in [-0.39, 0.29) is 11.6 Å². The molecule has 0 saturated heterocycles. The van der Waals surface area contributed by atoms with Gasteiger partial charge in [-0.15, -0.1) is 0 Å². The lowest BCUT2D eigenvalue weighted by molar-refractivity contribution is -0.235. The third-order valence-corrected chi connectivity index (χ3v) is 7.27. The second-order valence-electron chi connectivity index (χ2n) is 10.3. The number of pyridine rings is 1. The monoisotopic (exact) mass is 577 g/mol. The Bertz CT molecular complexity index is 1540. The van der Waals surface area contributed by atoms with Crippen LogP contribution in [0.15, 0.2) is 84.9 Å². The lowest BCUT2D eigenvalue weighted by atomic mass is 9.90. The number of nitrogens with zero attached hydrogens (tertiary/aromatic N) is 2. The minimum absolute atomic E-state index is 0.00868. The Morgan fingerprint density at radius 2 is 1.60 bits per heavy atom. The molecule has 0 atom stereocenters. The SMILES string of the molecule is Cc1cc(NC2CCC(N(OC(=O)C(F)(F)F)C(=O)c3ccc(OCc4ccccc4)cc3)CC2)nc2ccccc12. The van der Waals surface area contributed by atoms with E-state index in [0.29, 0.717) is 48.9 Å². The molecule has 1 saturated carbocycles. The largest absolute Gasteiger partial charge is 0.493 e. The zero-order valence-electron chi connectivity index (χ0n) is 22.9. The van der Waals surface area contributed by atoms with Gasteiger partial charge < -0.3 is 14.9 Å². The second kappa shape index (κ2) is 12.5. The number of anilines is 1. The predicted octanol–water partition coefficient (Wildman–Crippen LogP) is 7.01. The van der Waals surface area contributed by atoms with Gasteiger partial charge in [-0.25, -0.2) is 9.78 Å². The van der Waals surface area contributed by atoms with Crippen LogP contribution in [0.2, 0.25) is 0 Å². The molecule has 1 heterocycles. The van der Waals surface area contributed by atoms with Crippen LogP contribution in [0.4, 0.5) is 19.0 Å². The summed E-state index contributed by atoms with van der Waals surface area (Å²) in [5, 5.41) is 5.06. The highest BCUT2D eigenvalue weighted by Crippen LogP contribution is 2.30.